The van der Waals surface area contributed by atoms with E-state index in [1.54, 1.807) is 6.07 Å². The van der Waals surface area contributed by atoms with Crippen LogP contribution >= 0.6 is 0 Å². The molecule has 0 radical (unpaired) electrons. The third-order valence-corrected chi connectivity index (χ3v) is 2.48. The van der Waals surface area contributed by atoms with Crippen LogP contribution in [0.25, 0.3) is 11.3 Å². The quantitative estimate of drug-likeness (QED) is 0.873. The summed E-state index contributed by atoms with van der Waals surface area (Å²) >= 11 is 0. The molecule has 0 saturated heterocycles. The molecule has 0 fully saturated rings. The first-order valence-corrected chi connectivity index (χ1v) is 5.25. The van der Waals surface area contributed by atoms with Crippen molar-refractivity contribution in [2.45, 2.75) is 13.3 Å². The molecule has 4 nitrogen and oxygen atoms in total. The van der Waals surface area contributed by atoms with Crippen molar-refractivity contribution in [1.82, 2.24) is 9.97 Å². The highest BCUT2D eigenvalue weighted by molar-refractivity contribution is 5.70. The van der Waals surface area contributed by atoms with E-state index < -0.39 is 5.97 Å². The third-order valence-electron chi connectivity index (χ3n) is 2.48. The van der Waals surface area contributed by atoms with Gasteiger partial charge in [0.2, 0.25) is 0 Å². The van der Waals surface area contributed by atoms with Gasteiger partial charge in [-0.2, -0.15) is 0 Å². The van der Waals surface area contributed by atoms with Crippen LogP contribution in [0.1, 0.15) is 11.3 Å². The van der Waals surface area contributed by atoms with Crippen molar-refractivity contribution in [2.24, 2.45) is 0 Å². The maximum atomic E-state index is 10.6. The van der Waals surface area contributed by atoms with Crippen molar-refractivity contribution in [2.75, 3.05) is 0 Å². The summed E-state index contributed by atoms with van der Waals surface area (Å²) in [6, 6.07) is 9.56. The number of aliphatic carboxylic acids is 1. The number of carboxylic acids is 1. The van der Waals surface area contributed by atoms with Gasteiger partial charge in [-0.3, -0.25) is 4.79 Å². The highest BCUT2D eigenvalue weighted by Crippen LogP contribution is 2.20. The smallest absolute Gasteiger partial charge is 0.309 e. The Morgan fingerprint density at radius 1 is 1.29 bits per heavy atom. The van der Waals surface area contributed by atoms with E-state index in [0.717, 1.165) is 16.8 Å². The molecule has 0 atom stereocenters. The van der Waals surface area contributed by atoms with E-state index in [-0.39, 0.29) is 6.42 Å². The molecule has 0 unspecified atom stereocenters. The Balaban J connectivity index is 2.40. The Labute approximate surface area is 99.0 Å². The fourth-order valence-corrected chi connectivity index (χ4v) is 1.66. The maximum absolute atomic E-state index is 10.6. The predicted molar refractivity (Wildman–Crippen MR) is 63.5 cm³/mol. The van der Waals surface area contributed by atoms with E-state index in [2.05, 4.69) is 9.97 Å². The highest BCUT2D eigenvalue weighted by Gasteiger charge is 2.06. The largest absolute Gasteiger partial charge is 0.481 e. The van der Waals surface area contributed by atoms with Crippen LogP contribution in [0.15, 0.2) is 36.7 Å². The van der Waals surface area contributed by atoms with Crippen molar-refractivity contribution >= 4 is 5.97 Å². The van der Waals surface area contributed by atoms with Crippen LogP contribution in [-0.2, 0) is 11.2 Å². The van der Waals surface area contributed by atoms with Gasteiger partial charge in [0, 0.05) is 5.56 Å². The minimum Gasteiger partial charge on any atom is -0.481 e. The average Bonchev–Trinajstić information content (AvgIpc) is 2.29. The van der Waals surface area contributed by atoms with Gasteiger partial charge in [-0.1, -0.05) is 24.3 Å². The first-order chi connectivity index (χ1) is 8.16. The molecule has 0 aliphatic heterocycles. The first kappa shape index (κ1) is 11.3. The Bertz CT molecular complexity index is 553. The zero-order chi connectivity index (χ0) is 12.3. The van der Waals surface area contributed by atoms with Crippen LogP contribution in [0.3, 0.4) is 0 Å². The summed E-state index contributed by atoms with van der Waals surface area (Å²) in [6.07, 6.45) is 1.32. The summed E-state index contributed by atoms with van der Waals surface area (Å²) < 4.78 is 0. The predicted octanol–water partition coefficient (Wildman–Crippen LogP) is 2.08. The number of hydrogen-bond acceptors (Lipinski definition) is 3. The summed E-state index contributed by atoms with van der Waals surface area (Å²) in [6.45, 7) is 1.99. The molecule has 1 heterocycles. The molecule has 0 bridgehead atoms. The summed E-state index contributed by atoms with van der Waals surface area (Å²) in [5, 5.41) is 8.72. The van der Waals surface area contributed by atoms with Crippen molar-refractivity contribution in [3.8, 4) is 11.3 Å². The van der Waals surface area contributed by atoms with Gasteiger partial charge in [-0.05, 0) is 18.6 Å². The Morgan fingerprint density at radius 3 is 2.76 bits per heavy atom. The number of aromatic nitrogens is 2. The van der Waals surface area contributed by atoms with Crippen LogP contribution in [0.4, 0.5) is 0 Å². The molecular formula is C13H12N2O2. The standard InChI is InChI=1S/C13H12N2O2/c1-9-4-2-3-5-11(9)12-6-10(7-13(16)17)14-8-15-12/h2-6,8H,7H2,1H3,(H,16,17). The molecule has 0 aliphatic rings. The second-order valence-corrected chi connectivity index (χ2v) is 3.78. The van der Waals surface area contributed by atoms with Crippen LogP contribution in [0.5, 0.6) is 0 Å². The van der Waals surface area contributed by atoms with Crippen LogP contribution in [0, 0.1) is 6.92 Å². The Morgan fingerprint density at radius 2 is 2.06 bits per heavy atom. The van der Waals surface area contributed by atoms with Crippen LogP contribution in [-0.4, -0.2) is 21.0 Å². The topological polar surface area (TPSA) is 63.1 Å². The molecule has 0 amide bonds. The minimum atomic E-state index is -0.889. The van der Waals surface area contributed by atoms with E-state index in [9.17, 15) is 4.79 Å². The molecule has 17 heavy (non-hydrogen) atoms. The number of hydrogen-bond donors (Lipinski definition) is 1. The van der Waals surface area contributed by atoms with Gasteiger partial charge in [0.15, 0.2) is 0 Å². The summed E-state index contributed by atoms with van der Waals surface area (Å²) in [5.74, 6) is -0.889. The van der Waals surface area contributed by atoms with Gasteiger partial charge in [-0.15, -0.1) is 0 Å². The third kappa shape index (κ3) is 2.66. The average molecular weight is 228 g/mol. The van der Waals surface area contributed by atoms with Crippen LogP contribution in [0.2, 0.25) is 0 Å². The lowest BCUT2D eigenvalue weighted by molar-refractivity contribution is -0.136. The second kappa shape index (κ2) is 4.74. The lowest BCUT2D eigenvalue weighted by Crippen LogP contribution is -2.03. The SMILES string of the molecule is Cc1ccccc1-c1cc(CC(=O)O)ncn1. The summed E-state index contributed by atoms with van der Waals surface area (Å²) in [5.41, 5.74) is 3.38. The summed E-state index contributed by atoms with van der Waals surface area (Å²) in [4.78, 5) is 18.7. The second-order valence-electron chi connectivity index (χ2n) is 3.78. The van der Waals surface area contributed by atoms with Gasteiger partial charge in [0.1, 0.15) is 6.33 Å². The number of carboxylic acid groups (broad SMARTS) is 1. The van der Waals surface area contributed by atoms with Crippen molar-refractivity contribution in [3.05, 3.63) is 47.9 Å². The van der Waals surface area contributed by atoms with E-state index in [1.165, 1.54) is 6.33 Å². The van der Waals surface area contributed by atoms with Crippen molar-refractivity contribution < 1.29 is 9.90 Å². The van der Waals surface area contributed by atoms with Crippen molar-refractivity contribution in [3.63, 3.8) is 0 Å². The van der Waals surface area contributed by atoms with Gasteiger partial charge in [-0.25, -0.2) is 9.97 Å². The van der Waals surface area contributed by atoms with E-state index in [4.69, 9.17) is 5.11 Å². The van der Waals surface area contributed by atoms with Crippen LogP contribution < -0.4 is 0 Å². The van der Waals surface area contributed by atoms with E-state index in [1.807, 2.05) is 31.2 Å². The molecular weight excluding hydrogens is 216 g/mol. The monoisotopic (exact) mass is 228 g/mol. The molecule has 0 spiro atoms. The molecule has 0 saturated carbocycles. The molecule has 2 rings (SSSR count). The molecule has 2 aromatic rings. The molecule has 1 N–H and O–H groups in total. The molecule has 1 aromatic carbocycles. The van der Waals surface area contributed by atoms with Gasteiger partial charge >= 0.3 is 5.97 Å². The van der Waals surface area contributed by atoms with Gasteiger partial charge < -0.3 is 5.11 Å². The molecule has 86 valence electrons. The van der Waals surface area contributed by atoms with Gasteiger partial charge in [0.25, 0.3) is 0 Å². The fourth-order valence-electron chi connectivity index (χ4n) is 1.66. The number of nitrogens with zero attached hydrogens (tertiary/aromatic N) is 2. The summed E-state index contributed by atoms with van der Waals surface area (Å²) in [7, 11) is 0. The van der Waals surface area contributed by atoms with Gasteiger partial charge in [0.05, 0.1) is 17.8 Å². The zero-order valence-electron chi connectivity index (χ0n) is 9.42. The number of carbonyl (C=O) groups is 1. The Kier molecular flexibility index (Phi) is 3.14. The fraction of sp³-hybridized carbons (Fsp3) is 0.154. The zero-order valence-corrected chi connectivity index (χ0v) is 9.42. The number of aryl methyl sites for hydroxylation is 1. The Hall–Kier alpha value is -2.23. The maximum Gasteiger partial charge on any atom is 0.309 e. The number of rotatable bonds is 3. The minimum absolute atomic E-state index is 0.0819. The molecule has 4 heteroatoms. The van der Waals surface area contributed by atoms with E-state index >= 15 is 0 Å². The lowest BCUT2D eigenvalue weighted by atomic mass is 10.0. The normalized spacial score (nSPS) is 10.2. The molecule has 0 aliphatic carbocycles. The lowest BCUT2D eigenvalue weighted by Gasteiger charge is -2.05. The highest BCUT2D eigenvalue weighted by atomic mass is 16.4. The first-order valence-electron chi connectivity index (χ1n) is 5.25. The molecule has 1 aromatic heterocycles. The van der Waals surface area contributed by atoms with E-state index in [0.29, 0.717) is 5.69 Å². The number of benzene rings is 1. The van der Waals surface area contributed by atoms with Crippen molar-refractivity contribution in [1.29, 1.82) is 0 Å².